The predicted molar refractivity (Wildman–Crippen MR) is 64.8 cm³/mol. The minimum atomic E-state index is -0.389. The maximum atomic E-state index is 11.8. The molecule has 18 heavy (non-hydrogen) atoms. The minimum Gasteiger partial charge on any atom is -0.469 e. The highest BCUT2D eigenvalue weighted by Gasteiger charge is 2.35. The van der Waals surface area contributed by atoms with Gasteiger partial charge in [0.05, 0.1) is 19.6 Å². The largest absolute Gasteiger partial charge is 0.469 e. The van der Waals surface area contributed by atoms with E-state index < -0.39 is 0 Å². The molecule has 0 radical (unpaired) electrons. The summed E-state index contributed by atoms with van der Waals surface area (Å²) < 4.78 is 4.65. The minimum absolute atomic E-state index is 0.0288. The van der Waals surface area contributed by atoms with Crippen molar-refractivity contribution in [3.05, 3.63) is 29.8 Å². The zero-order valence-electron chi connectivity index (χ0n) is 10.1. The Hall–Kier alpha value is -1.88. The fourth-order valence-electron chi connectivity index (χ4n) is 2.06. The first-order chi connectivity index (χ1) is 8.65. The molecule has 96 valence electrons. The maximum Gasteiger partial charge on any atom is 0.311 e. The summed E-state index contributed by atoms with van der Waals surface area (Å²) in [6.45, 7) is 0.322. The van der Waals surface area contributed by atoms with Crippen LogP contribution in [0.2, 0.25) is 0 Å². The van der Waals surface area contributed by atoms with E-state index in [9.17, 15) is 9.59 Å². The third-order valence-corrected chi connectivity index (χ3v) is 3.09. The Morgan fingerprint density at radius 2 is 2.11 bits per heavy atom. The Bertz CT molecular complexity index is 455. The molecular formula is C13H15NO4. The highest BCUT2D eigenvalue weighted by atomic mass is 16.5. The van der Waals surface area contributed by atoms with Gasteiger partial charge in [-0.2, -0.15) is 0 Å². The molecule has 1 saturated heterocycles. The van der Waals surface area contributed by atoms with Crippen LogP contribution in [0, 0.1) is 5.92 Å². The fraction of sp³-hybridized carbons (Fsp3) is 0.385. The quantitative estimate of drug-likeness (QED) is 0.801. The number of hydrogen-bond donors (Lipinski definition) is 1. The first-order valence-corrected chi connectivity index (χ1v) is 5.73. The van der Waals surface area contributed by atoms with Crippen LogP contribution in [0.5, 0.6) is 0 Å². The predicted octanol–water partition coefficient (Wildman–Crippen LogP) is 0.705. The molecule has 0 bridgehead atoms. The van der Waals surface area contributed by atoms with Crippen LogP contribution in [0.1, 0.15) is 12.0 Å². The van der Waals surface area contributed by atoms with Crippen molar-refractivity contribution in [3.63, 3.8) is 0 Å². The number of amides is 1. The molecule has 5 nitrogen and oxygen atoms in total. The number of anilines is 1. The highest BCUT2D eigenvalue weighted by molar-refractivity contribution is 5.99. The van der Waals surface area contributed by atoms with Crippen LogP contribution in [0.3, 0.4) is 0 Å². The third kappa shape index (κ3) is 2.36. The molecule has 1 aromatic carbocycles. The Kier molecular flexibility index (Phi) is 3.62. The van der Waals surface area contributed by atoms with Gasteiger partial charge in [-0.3, -0.25) is 9.59 Å². The standard InChI is InChI=1S/C13H15NO4/c1-18-13(17)10-6-12(16)14(7-10)11-4-2-9(8-15)3-5-11/h2-5,10,15H,6-8H2,1H3. The molecular weight excluding hydrogens is 234 g/mol. The molecule has 1 amide bonds. The van der Waals surface area contributed by atoms with Crippen LogP contribution >= 0.6 is 0 Å². The number of aliphatic hydroxyl groups is 1. The maximum absolute atomic E-state index is 11.8. The van der Waals surface area contributed by atoms with E-state index in [1.807, 2.05) is 0 Å². The van der Waals surface area contributed by atoms with Crippen LogP contribution in [0.25, 0.3) is 0 Å². The van der Waals surface area contributed by atoms with Gasteiger partial charge in [0.1, 0.15) is 0 Å². The first-order valence-electron chi connectivity index (χ1n) is 5.73. The van der Waals surface area contributed by atoms with E-state index in [1.165, 1.54) is 7.11 Å². The summed E-state index contributed by atoms with van der Waals surface area (Å²) >= 11 is 0. The molecule has 1 aliphatic rings. The van der Waals surface area contributed by atoms with E-state index in [2.05, 4.69) is 4.74 Å². The van der Waals surface area contributed by atoms with Crippen molar-refractivity contribution < 1.29 is 19.4 Å². The highest BCUT2D eigenvalue weighted by Crippen LogP contribution is 2.25. The van der Waals surface area contributed by atoms with Crippen molar-refractivity contribution in [2.75, 3.05) is 18.6 Å². The number of ether oxygens (including phenoxy) is 1. The number of methoxy groups -OCH3 is 1. The molecule has 1 unspecified atom stereocenters. The van der Waals surface area contributed by atoms with Gasteiger partial charge in [0.2, 0.25) is 5.91 Å². The van der Waals surface area contributed by atoms with Gasteiger partial charge < -0.3 is 14.7 Å². The Balaban J connectivity index is 2.13. The molecule has 1 aromatic rings. The fourth-order valence-corrected chi connectivity index (χ4v) is 2.06. The normalized spacial score (nSPS) is 19.1. The van der Waals surface area contributed by atoms with Gasteiger partial charge in [0.25, 0.3) is 0 Å². The summed E-state index contributed by atoms with van der Waals surface area (Å²) in [6.07, 6.45) is 0.189. The second-order valence-corrected chi connectivity index (χ2v) is 4.25. The lowest BCUT2D eigenvalue weighted by Crippen LogP contribution is -2.26. The SMILES string of the molecule is COC(=O)C1CC(=O)N(c2ccc(CO)cc2)C1. The second kappa shape index (κ2) is 5.18. The summed E-state index contributed by atoms with van der Waals surface area (Å²) in [5.41, 5.74) is 1.53. The number of carbonyl (C=O) groups is 2. The van der Waals surface area contributed by atoms with Gasteiger partial charge >= 0.3 is 5.97 Å². The second-order valence-electron chi connectivity index (χ2n) is 4.25. The van der Waals surface area contributed by atoms with Crippen LogP contribution in [0.4, 0.5) is 5.69 Å². The van der Waals surface area contributed by atoms with Crippen LogP contribution < -0.4 is 4.90 Å². The molecule has 1 fully saturated rings. The van der Waals surface area contributed by atoms with E-state index in [4.69, 9.17) is 5.11 Å². The lowest BCUT2D eigenvalue weighted by molar-refractivity contribution is -0.145. The summed E-state index contributed by atoms with van der Waals surface area (Å²) in [4.78, 5) is 24.8. The molecule has 1 N–H and O–H groups in total. The average molecular weight is 249 g/mol. The summed E-state index contributed by atoms with van der Waals surface area (Å²) in [6, 6.07) is 7.05. The lowest BCUT2D eigenvalue weighted by atomic mass is 10.1. The molecule has 5 heteroatoms. The zero-order chi connectivity index (χ0) is 13.1. The van der Waals surface area contributed by atoms with E-state index >= 15 is 0 Å². The van der Waals surface area contributed by atoms with Gasteiger partial charge in [-0.25, -0.2) is 0 Å². The number of carbonyl (C=O) groups excluding carboxylic acids is 2. The monoisotopic (exact) mass is 249 g/mol. The third-order valence-electron chi connectivity index (χ3n) is 3.09. The van der Waals surface area contributed by atoms with Crippen LogP contribution in [-0.2, 0) is 20.9 Å². The first kappa shape index (κ1) is 12.6. The Morgan fingerprint density at radius 3 is 2.67 bits per heavy atom. The molecule has 0 aliphatic carbocycles. The van der Waals surface area contributed by atoms with E-state index in [0.717, 1.165) is 11.3 Å². The van der Waals surface area contributed by atoms with Gasteiger partial charge in [-0.05, 0) is 17.7 Å². The molecule has 0 spiro atoms. The van der Waals surface area contributed by atoms with Gasteiger partial charge in [-0.1, -0.05) is 12.1 Å². The van der Waals surface area contributed by atoms with Crippen molar-refractivity contribution in [2.45, 2.75) is 13.0 Å². The number of aliphatic hydroxyl groups excluding tert-OH is 1. The Morgan fingerprint density at radius 1 is 1.44 bits per heavy atom. The summed E-state index contributed by atoms with van der Waals surface area (Å²) in [7, 11) is 1.32. The molecule has 1 heterocycles. The summed E-state index contributed by atoms with van der Waals surface area (Å²) in [5.74, 6) is -0.819. The van der Waals surface area contributed by atoms with Gasteiger partial charge in [0.15, 0.2) is 0 Å². The van der Waals surface area contributed by atoms with Gasteiger partial charge in [-0.15, -0.1) is 0 Å². The smallest absolute Gasteiger partial charge is 0.311 e. The summed E-state index contributed by atoms with van der Waals surface area (Å²) in [5, 5.41) is 8.95. The number of rotatable bonds is 3. The average Bonchev–Trinajstić information content (AvgIpc) is 2.80. The van der Waals surface area contributed by atoms with Crippen molar-refractivity contribution in [3.8, 4) is 0 Å². The van der Waals surface area contributed by atoms with Gasteiger partial charge in [0, 0.05) is 18.7 Å². The topological polar surface area (TPSA) is 66.8 Å². The number of benzene rings is 1. The number of nitrogens with zero attached hydrogens (tertiary/aromatic N) is 1. The lowest BCUT2D eigenvalue weighted by Gasteiger charge is -2.16. The molecule has 1 atom stereocenters. The molecule has 1 aliphatic heterocycles. The molecule has 0 saturated carbocycles. The molecule has 0 aromatic heterocycles. The number of esters is 1. The molecule has 2 rings (SSSR count). The van der Waals surface area contributed by atoms with Crippen LogP contribution in [-0.4, -0.2) is 30.6 Å². The van der Waals surface area contributed by atoms with Crippen LogP contribution in [0.15, 0.2) is 24.3 Å². The van der Waals surface area contributed by atoms with Crippen molar-refractivity contribution in [1.29, 1.82) is 0 Å². The van der Waals surface area contributed by atoms with Crippen molar-refractivity contribution in [1.82, 2.24) is 0 Å². The number of hydrogen-bond acceptors (Lipinski definition) is 4. The zero-order valence-corrected chi connectivity index (χ0v) is 10.1. The van der Waals surface area contributed by atoms with E-state index in [1.54, 1.807) is 29.2 Å². The van der Waals surface area contributed by atoms with E-state index in [-0.39, 0.29) is 30.8 Å². The van der Waals surface area contributed by atoms with Crippen molar-refractivity contribution >= 4 is 17.6 Å². The van der Waals surface area contributed by atoms with Crippen molar-refractivity contribution in [2.24, 2.45) is 5.92 Å². The van der Waals surface area contributed by atoms with E-state index in [0.29, 0.717) is 6.54 Å². The Labute approximate surface area is 105 Å².